The molecule has 3 heterocycles. The summed E-state index contributed by atoms with van der Waals surface area (Å²) in [5, 5.41) is 8.23. The molecular weight excluding hydrogens is 254 g/mol. The number of nitrogens with one attached hydrogen (secondary N) is 1. The first kappa shape index (κ1) is 11.6. The molecule has 0 aliphatic carbocycles. The molecule has 3 aliphatic heterocycles. The number of piperazine rings is 1. The zero-order valence-electron chi connectivity index (χ0n) is 9.67. The molecule has 17 heavy (non-hydrogen) atoms. The molecule has 92 valence electrons. The lowest BCUT2D eigenvalue weighted by Crippen LogP contribution is -2.55. The van der Waals surface area contributed by atoms with Gasteiger partial charge >= 0.3 is 0 Å². The van der Waals surface area contributed by atoms with Crippen molar-refractivity contribution in [3.8, 4) is 0 Å². The van der Waals surface area contributed by atoms with E-state index in [0.717, 1.165) is 36.3 Å². The highest BCUT2D eigenvalue weighted by Gasteiger charge is 2.34. The van der Waals surface area contributed by atoms with Crippen molar-refractivity contribution in [2.24, 2.45) is 9.98 Å². The van der Waals surface area contributed by atoms with Gasteiger partial charge in [0, 0.05) is 26.2 Å². The van der Waals surface area contributed by atoms with Crippen LogP contribution in [0.3, 0.4) is 0 Å². The average Bonchev–Trinajstić information content (AvgIpc) is 2.82. The van der Waals surface area contributed by atoms with Gasteiger partial charge in [0.15, 0.2) is 0 Å². The molecule has 0 aromatic carbocycles. The topological polar surface area (TPSA) is 43.2 Å². The largest absolute Gasteiger partial charge is 0.314 e. The molecule has 0 radical (unpaired) electrons. The van der Waals surface area contributed by atoms with E-state index in [1.165, 1.54) is 0 Å². The van der Waals surface area contributed by atoms with Gasteiger partial charge in [-0.05, 0) is 6.26 Å². The van der Waals surface area contributed by atoms with Crippen molar-refractivity contribution in [2.75, 3.05) is 32.4 Å². The molecule has 1 N–H and O–H groups in total. The van der Waals surface area contributed by atoms with Crippen LogP contribution in [-0.2, 0) is 0 Å². The first-order valence-corrected chi connectivity index (χ1v) is 7.75. The molecule has 5 nitrogen and oxygen atoms in total. The van der Waals surface area contributed by atoms with Crippen molar-refractivity contribution in [2.45, 2.75) is 5.37 Å². The van der Waals surface area contributed by atoms with Crippen LogP contribution in [0.2, 0.25) is 0 Å². The van der Waals surface area contributed by atoms with E-state index in [9.17, 15) is 0 Å². The fraction of sp³-hybridized carbons (Fsp3) is 0.600. The standard InChI is InChI=1S/C10H15N5S2/c1-16-10-13-8-6-12-7-15(9(8)17-10)14-4-2-11-3-5-14/h6-7,9,11H,2-5H2,1H3. The SMILES string of the molecule is CSC1=NC2=CN=CN(N3CCNCC3)C2S1. The fourth-order valence-corrected chi connectivity index (χ4v) is 3.80. The smallest absolute Gasteiger partial charge is 0.142 e. The van der Waals surface area contributed by atoms with Gasteiger partial charge in [-0.15, -0.1) is 11.8 Å². The molecular formula is C10H15N5S2. The van der Waals surface area contributed by atoms with Crippen LogP contribution in [0, 0.1) is 0 Å². The van der Waals surface area contributed by atoms with Gasteiger partial charge in [-0.2, -0.15) is 0 Å². The van der Waals surface area contributed by atoms with Crippen molar-refractivity contribution in [3.63, 3.8) is 0 Å². The molecule has 1 atom stereocenters. The highest BCUT2D eigenvalue weighted by molar-refractivity contribution is 8.39. The van der Waals surface area contributed by atoms with Gasteiger partial charge in [-0.1, -0.05) is 11.8 Å². The monoisotopic (exact) mass is 269 g/mol. The molecule has 1 unspecified atom stereocenters. The number of nitrogens with zero attached hydrogens (tertiary/aromatic N) is 4. The van der Waals surface area contributed by atoms with Crippen LogP contribution in [0.15, 0.2) is 21.9 Å². The summed E-state index contributed by atoms with van der Waals surface area (Å²) >= 11 is 3.52. The number of hydrogen-bond donors (Lipinski definition) is 1. The van der Waals surface area contributed by atoms with E-state index in [2.05, 4.69) is 31.6 Å². The Morgan fingerprint density at radius 2 is 2.29 bits per heavy atom. The molecule has 1 fully saturated rings. The molecule has 0 saturated carbocycles. The highest BCUT2D eigenvalue weighted by atomic mass is 32.2. The zero-order valence-corrected chi connectivity index (χ0v) is 11.3. The minimum Gasteiger partial charge on any atom is -0.314 e. The van der Waals surface area contributed by atoms with Crippen LogP contribution >= 0.6 is 23.5 Å². The van der Waals surface area contributed by atoms with Gasteiger partial charge < -0.3 is 5.32 Å². The van der Waals surface area contributed by atoms with Gasteiger partial charge in [0.1, 0.15) is 16.1 Å². The van der Waals surface area contributed by atoms with Crippen LogP contribution in [-0.4, -0.2) is 58.5 Å². The van der Waals surface area contributed by atoms with Gasteiger partial charge in [-0.25, -0.2) is 15.0 Å². The lowest BCUT2D eigenvalue weighted by Gasteiger charge is -2.40. The zero-order chi connectivity index (χ0) is 11.7. The average molecular weight is 269 g/mol. The van der Waals surface area contributed by atoms with E-state index in [-0.39, 0.29) is 5.37 Å². The van der Waals surface area contributed by atoms with E-state index >= 15 is 0 Å². The number of hydrogen-bond acceptors (Lipinski definition) is 7. The molecule has 3 rings (SSSR count). The first-order valence-electron chi connectivity index (χ1n) is 5.65. The summed E-state index contributed by atoms with van der Waals surface area (Å²) in [5.41, 5.74) is 1.07. The maximum Gasteiger partial charge on any atom is 0.142 e. The van der Waals surface area contributed by atoms with Crippen molar-refractivity contribution in [1.82, 2.24) is 15.3 Å². The summed E-state index contributed by atoms with van der Waals surface area (Å²) in [6.07, 6.45) is 5.87. The van der Waals surface area contributed by atoms with Gasteiger partial charge in [0.05, 0.1) is 11.9 Å². The normalized spacial score (nSPS) is 29.0. The molecule has 7 heteroatoms. The molecule has 0 aromatic heterocycles. The van der Waals surface area contributed by atoms with Gasteiger partial charge in [-0.3, -0.25) is 5.01 Å². The molecule has 3 aliphatic rings. The second-order valence-corrected chi connectivity index (χ2v) is 6.08. The second-order valence-electron chi connectivity index (χ2n) is 3.95. The van der Waals surface area contributed by atoms with E-state index < -0.39 is 0 Å². The van der Waals surface area contributed by atoms with Crippen molar-refractivity contribution in [1.29, 1.82) is 0 Å². The predicted octanol–water partition coefficient (Wildman–Crippen LogP) is 0.784. The Bertz CT molecular complexity index is 386. The van der Waals surface area contributed by atoms with Crippen LogP contribution in [0.4, 0.5) is 0 Å². The first-order chi connectivity index (χ1) is 8.38. The summed E-state index contributed by atoms with van der Waals surface area (Å²) in [6.45, 7) is 4.14. The third-order valence-electron chi connectivity index (χ3n) is 2.91. The second kappa shape index (κ2) is 5.01. The van der Waals surface area contributed by atoms with Crippen molar-refractivity contribution >= 4 is 34.2 Å². The number of rotatable bonds is 1. The van der Waals surface area contributed by atoms with Crippen LogP contribution in [0.5, 0.6) is 0 Å². The third kappa shape index (κ3) is 2.24. The lowest BCUT2D eigenvalue weighted by atomic mass is 10.4. The molecule has 1 saturated heterocycles. The Morgan fingerprint density at radius 3 is 3.06 bits per heavy atom. The summed E-state index contributed by atoms with van der Waals surface area (Å²) < 4.78 is 1.13. The summed E-state index contributed by atoms with van der Waals surface area (Å²) in [4.78, 5) is 8.87. The summed E-state index contributed by atoms with van der Waals surface area (Å²) in [5.74, 6) is 0. The minimum atomic E-state index is 0.285. The van der Waals surface area contributed by atoms with Crippen molar-refractivity contribution in [3.05, 3.63) is 11.9 Å². The summed E-state index contributed by atoms with van der Waals surface area (Å²) in [7, 11) is 0. The Balaban J connectivity index is 1.76. The number of thioether (sulfide) groups is 2. The lowest BCUT2D eigenvalue weighted by molar-refractivity contribution is 0.0352. The van der Waals surface area contributed by atoms with E-state index in [4.69, 9.17) is 0 Å². The molecule has 0 spiro atoms. The van der Waals surface area contributed by atoms with Gasteiger partial charge in [0.2, 0.25) is 0 Å². The predicted molar refractivity (Wildman–Crippen MR) is 75.2 cm³/mol. The minimum absolute atomic E-state index is 0.285. The Hall–Kier alpha value is -0.500. The van der Waals surface area contributed by atoms with Crippen LogP contribution < -0.4 is 5.32 Å². The number of aliphatic imine (C=N–C) groups is 2. The maximum absolute atomic E-state index is 4.58. The van der Waals surface area contributed by atoms with Gasteiger partial charge in [0.25, 0.3) is 0 Å². The molecule has 0 amide bonds. The molecule has 0 bridgehead atoms. The van der Waals surface area contributed by atoms with Crippen LogP contribution in [0.25, 0.3) is 0 Å². The Kier molecular flexibility index (Phi) is 3.41. The third-order valence-corrected chi connectivity index (χ3v) is 5.12. The fourth-order valence-electron chi connectivity index (χ4n) is 2.06. The molecule has 0 aromatic rings. The van der Waals surface area contributed by atoms with E-state index in [1.54, 1.807) is 11.8 Å². The van der Waals surface area contributed by atoms with Crippen LogP contribution in [0.1, 0.15) is 0 Å². The number of fused-ring (bicyclic) bond motifs is 1. The summed E-state index contributed by atoms with van der Waals surface area (Å²) in [6, 6.07) is 0. The number of hydrazine groups is 1. The Morgan fingerprint density at radius 1 is 1.47 bits per heavy atom. The van der Waals surface area contributed by atoms with E-state index in [1.807, 2.05) is 24.3 Å². The van der Waals surface area contributed by atoms with E-state index in [0.29, 0.717) is 0 Å². The highest BCUT2D eigenvalue weighted by Crippen LogP contribution is 2.37. The Labute approximate surface area is 109 Å². The quantitative estimate of drug-likeness (QED) is 0.762. The maximum atomic E-state index is 4.58. The van der Waals surface area contributed by atoms with Crippen molar-refractivity contribution < 1.29 is 0 Å².